The van der Waals surface area contributed by atoms with Gasteiger partial charge in [-0.15, -0.1) is 11.3 Å². The molecule has 0 radical (unpaired) electrons. The van der Waals surface area contributed by atoms with Gasteiger partial charge in [-0.05, 0) is 62.4 Å². The monoisotopic (exact) mass is 389 g/mol. The summed E-state index contributed by atoms with van der Waals surface area (Å²) in [6.45, 7) is 1.67. The number of anilines is 1. The Balaban J connectivity index is 1.74. The van der Waals surface area contributed by atoms with Crippen LogP contribution in [0.1, 0.15) is 40.6 Å². The first kappa shape index (κ1) is 19.2. The van der Waals surface area contributed by atoms with Gasteiger partial charge in [-0.1, -0.05) is 0 Å². The first-order valence-electron chi connectivity index (χ1n) is 8.88. The standard InChI is InChI=1S/C20H23NO5S/c1-12(26-14-10-8-13(24-2)9-11-14)18(22)21-19-17(20(23)25-3)15-6-4-5-7-16(15)27-19/h8-12H,4-7H2,1-3H3,(H,21,22)/t12-/m1/s1. The average molecular weight is 389 g/mol. The molecule has 0 fully saturated rings. The van der Waals surface area contributed by atoms with Crippen LogP contribution >= 0.6 is 11.3 Å². The maximum absolute atomic E-state index is 12.6. The summed E-state index contributed by atoms with van der Waals surface area (Å²) >= 11 is 1.46. The van der Waals surface area contributed by atoms with Gasteiger partial charge in [0.25, 0.3) is 5.91 Å². The van der Waals surface area contributed by atoms with Crippen molar-refractivity contribution in [3.63, 3.8) is 0 Å². The van der Waals surface area contributed by atoms with Crippen LogP contribution in [-0.2, 0) is 22.4 Å². The Labute approximate surface area is 162 Å². The summed E-state index contributed by atoms with van der Waals surface area (Å²) in [5.41, 5.74) is 1.50. The van der Waals surface area contributed by atoms with E-state index in [1.165, 1.54) is 18.4 Å². The minimum Gasteiger partial charge on any atom is -0.497 e. The van der Waals surface area contributed by atoms with Crippen molar-refractivity contribution in [3.8, 4) is 11.5 Å². The van der Waals surface area contributed by atoms with Crippen LogP contribution in [0.3, 0.4) is 0 Å². The van der Waals surface area contributed by atoms with Crippen LogP contribution in [0.2, 0.25) is 0 Å². The van der Waals surface area contributed by atoms with Crippen LogP contribution in [0.5, 0.6) is 11.5 Å². The number of carbonyl (C=O) groups excluding carboxylic acids is 2. The summed E-state index contributed by atoms with van der Waals surface area (Å²) in [5, 5.41) is 3.40. The first-order valence-corrected chi connectivity index (χ1v) is 9.69. The van der Waals surface area contributed by atoms with E-state index in [2.05, 4.69) is 5.32 Å². The third-order valence-corrected chi connectivity index (χ3v) is 5.75. The predicted molar refractivity (Wildman–Crippen MR) is 104 cm³/mol. The molecule has 1 N–H and O–H groups in total. The molecule has 0 saturated carbocycles. The van der Waals surface area contributed by atoms with Crippen LogP contribution in [0.15, 0.2) is 24.3 Å². The van der Waals surface area contributed by atoms with Crippen LogP contribution in [0.4, 0.5) is 5.00 Å². The van der Waals surface area contributed by atoms with Crippen LogP contribution < -0.4 is 14.8 Å². The summed E-state index contributed by atoms with van der Waals surface area (Å²) in [7, 11) is 2.95. The number of ether oxygens (including phenoxy) is 3. The quantitative estimate of drug-likeness (QED) is 0.760. The zero-order chi connectivity index (χ0) is 19.4. The van der Waals surface area contributed by atoms with Gasteiger partial charge < -0.3 is 19.5 Å². The van der Waals surface area contributed by atoms with E-state index in [4.69, 9.17) is 14.2 Å². The number of thiophene rings is 1. The maximum atomic E-state index is 12.6. The van der Waals surface area contributed by atoms with Crippen LogP contribution in [0, 0.1) is 0 Å². The van der Waals surface area contributed by atoms with Gasteiger partial charge in [-0.2, -0.15) is 0 Å². The molecule has 1 aliphatic rings. The highest BCUT2D eigenvalue weighted by Crippen LogP contribution is 2.38. The number of hydrogen-bond donors (Lipinski definition) is 1. The molecule has 2 aromatic rings. The fourth-order valence-corrected chi connectivity index (χ4v) is 4.38. The largest absolute Gasteiger partial charge is 0.497 e. The second-order valence-electron chi connectivity index (χ2n) is 6.33. The van der Waals surface area contributed by atoms with Crippen LogP contribution in [-0.4, -0.2) is 32.2 Å². The minimum atomic E-state index is -0.719. The molecule has 0 spiro atoms. The summed E-state index contributed by atoms with van der Waals surface area (Å²) in [6.07, 6.45) is 3.18. The van der Waals surface area contributed by atoms with Gasteiger partial charge in [0.2, 0.25) is 0 Å². The van der Waals surface area contributed by atoms with E-state index in [9.17, 15) is 9.59 Å². The Morgan fingerprint density at radius 2 is 1.74 bits per heavy atom. The second-order valence-corrected chi connectivity index (χ2v) is 7.44. The molecule has 1 aromatic carbocycles. The van der Waals surface area contributed by atoms with Crippen molar-refractivity contribution in [2.75, 3.05) is 19.5 Å². The SMILES string of the molecule is COC(=O)c1c(NC(=O)[C@@H](C)Oc2ccc(OC)cc2)sc2c1CCCC2. The van der Waals surface area contributed by atoms with Gasteiger partial charge in [-0.3, -0.25) is 4.79 Å². The average Bonchev–Trinajstić information content (AvgIpc) is 3.05. The number of amides is 1. The van der Waals surface area contributed by atoms with E-state index in [-0.39, 0.29) is 5.91 Å². The third kappa shape index (κ3) is 4.24. The van der Waals surface area contributed by atoms with Crippen molar-refractivity contribution < 1.29 is 23.8 Å². The molecular formula is C20H23NO5S. The Morgan fingerprint density at radius 3 is 2.41 bits per heavy atom. The van der Waals surface area contributed by atoms with E-state index >= 15 is 0 Å². The number of esters is 1. The van der Waals surface area contributed by atoms with Gasteiger partial charge >= 0.3 is 5.97 Å². The van der Waals surface area contributed by atoms with E-state index in [1.54, 1.807) is 38.3 Å². The fourth-order valence-electron chi connectivity index (χ4n) is 3.10. The van der Waals surface area contributed by atoms with Crippen molar-refractivity contribution in [1.82, 2.24) is 0 Å². The van der Waals surface area contributed by atoms with Gasteiger partial charge in [0, 0.05) is 4.88 Å². The lowest BCUT2D eigenvalue weighted by atomic mass is 9.95. The molecule has 6 nitrogen and oxygen atoms in total. The number of rotatable bonds is 6. The second kappa shape index (κ2) is 8.43. The lowest BCUT2D eigenvalue weighted by molar-refractivity contribution is -0.122. The number of benzene rings is 1. The molecule has 1 aliphatic carbocycles. The predicted octanol–water partition coefficient (Wildman–Crippen LogP) is 3.83. The fraction of sp³-hybridized carbons (Fsp3) is 0.400. The molecule has 0 saturated heterocycles. The number of methoxy groups -OCH3 is 2. The molecule has 0 unspecified atom stereocenters. The lowest BCUT2D eigenvalue weighted by Gasteiger charge is -2.15. The molecule has 1 atom stereocenters. The highest BCUT2D eigenvalue weighted by Gasteiger charge is 2.28. The van der Waals surface area contributed by atoms with Gasteiger partial charge in [0.1, 0.15) is 16.5 Å². The zero-order valence-corrected chi connectivity index (χ0v) is 16.5. The number of nitrogens with one attached hydrogen (secondary N) is 1. The van der Waals surface area contributed by atoms with Crippen molar-refractivity contribution in [1.29, 1.82) is 0 Å². The van der Waals surface area contributed by atoms with Crippen molar-refractivity contribution in [2.45, 2.75) is 38.7 Å². The van der Waals surface area contributed by atoms with Crippen LogP contribution in [0.25, 0.3) is 0 Å². The van der Waals surface area contributed by atoms with Gasteiger partial charge in [0.05, 0.1) is 19.8 Å². The Bertz CT molecular complexity index is 828. The molecule has 27 heavy (non-hydrogen) atoms. The molecule has 0 aliphatic heterocycles. The normalized spacial score (nSPS) is 14.0. The molecule has 0 bridgehead atoms. The summed E-state index contributed by atoms with van der Waals surface area (Å²) in [5.74, 6) is 0.562. The Morgan fingerprint density at radius 1 is 1.07 bits per heavy atom. The first-order chi connectivity index (χ1) is 13.0. The van der Waals surface area contributed by atoms with E-state index in [0.29, 0.717) is 22.1 Å². The van der Waals surface area contributed by atoms with Gasteiger partial charge in [0.15, 0.2) is 6.10 Å². The molecular weight excluding hydrogens is 366 g/mol. The number of carbonyl (C=O) groups is 2. The van der Waals surface area contributed by atoms with Crippen molar-refractivity contribution in [3.05, 3.63) is 40.3 Å². The molecule has 3 rings (SSSR count). The van der Waals surface area contributed by atoms with E-state index < -0.39 is 12.1 Å². The lowest BCUT2D eigenvalue weighted by Crippen LogP contribution is -2.30. The van der Waals surface area contributed by atoms with E-state index in [0.717, 1.165) is 36.1 Å². The zero-order valence-electron chi connectivity index (χ0n) is 15.7. The number of fused-ring (bicyclic) bond motifs is 1. The smallest absolute Gasteiger partial charge is 0.341 e. The summed E-state index contributed by atoms with van der Waals surface area (Å²) < 4.78 is 15.7. The number of aryl methyl sites for hydroxylation is 1. The molecule has 1 aromatic heterocycles. The molecule has 7 heteroatoms. The summed E-state index contributed by atoms with van der Waals surface area (Å²) in [4.78, 5) is 26.0. The highest BCUT2D eigenvalue weighted by atomic mass is 32.1. The maximum Gasteiger partial charge on any atom is 0.341 e. The van der Waals surface area contributed by atoms with Crippen molar-refractivity contribution >= 4 is 28.2 Å². The molecule has 1 amide bonds. The summed E-state index contributed by atoms with van der Waals surface area (Å²) in [6, 6.07) is 7.02. The topological polar surface area (TPSA) is 73.9 Å². The third-order valence-electron chi connectivity index (χ3n) is 4.54. The minimum absolute atomic E-state index is 0.311. The Kier molecular flexibility index (Phi) is 6.01. The highest BCUT2D eigenvalue weighted by molar-refractivity contribution is 7.17. The molecule has 1 heterocycles. The van der Waals surface area contributed by atoms with Crippen molar-refractivity contribution in [2.24, 2.45) is 0 Å². The molecule has 144 valence electrons. The van der Waals surface area contributed by atoms with E-state index in [1.807, 2.05) is 0 Å². The number of hydrogen-bond acceptors (Lipinski definition) is 6. The van der Waals surface area contributed by atoms with Gasteiger partial charge in [-0.25, -0.2) is 4.79 Å². The Hall–Kier alpha value is -2.54.